The first-order valence-electron chi connectivity index (χ1n) is 7.72. The Hall–Kier alpha value is -2.40. The van der Waals surface area contributed by atoms with Gasteiger partial charge in [0.1, 0.15) is 12.4 Å². The molecule has 2 rings (SSSR count). The number of aromatic nitrogens is 1. The van der Waals surface area contributed by atoms with Crippen molar-refractivity contribution in [2.75, 3.05) is 13.1 Å². The summed E-state index contributed by atoms with van der Waals surface area (Å²) in [6.07, 6.45) is 4.42. The Balaban J connectivity index is 1.89. The van der Waals surface area contributed by atoms with E-state index in [0.717, 1.165) is 29.8 Å². The maximum absolute atomic E-state index is 10.9. The Bertz CT molecular complexity index is 599. The quantitative estimate of drug-likeness (QED) is 0.771. The van der Waals surface area contributed by atoms with E-state index in [4.69, 9.17) is 9.84 Å². The first-order chi connectivity index (χ1) is 11.2. The molecule has 122 valence electrons. The topological polar surface area (TPSA) is 62.7 Å². The van der Waals surface area contributed by atoms with Crippen molar-refractivity contribution in [2.45, 2.75) is 26.5 Å². The fourth-order valence-electron chi connectivity index (χ4n) is 2.32. The molecule has 23 heavy (non-hydrogen) atoms. The largest absolute Gasteiger partial charge is 0.489 e. The standard InChI is InChI=1S/C18H22N2O3/c1-2-11-20(13-18(21)22)12-15-3-5-17(6-4-15)23-14-16-7-9-19-10-8-16/h3-10H,2,11-14H2,1H3,(H,21,22). The number of carbonyl (C=O) groups is 1. The normalized spacial score (nSPS) is 10.7. The van der Waals surface area contributed by atoms with Gasteiger partial charge in [-0.1, -0.05) is 19.1 Å². The van der Waals surface area contributed by atoms with Gasteiger partial charge in [-0.3, -0.25) is 14.7 Å². The summed E-state index contributed by atoms with van der Waals surface area (Å²) in [6.45, 7) is 4.01. The predicted molar refractivity (Wildman–Crippen MR) is 88.2 cm³/mol. The van der Waals surface area contributed by atoms with E-state index >= 15 is 0 Å². The van der Waals surface area contributed by atoms with Crippen molar-refractivity contribution in [3.05, 3.63) is 59.9 Å². The van der Waals surface area contributed by atoms with E-state index in [-0.39, 0.29) is 6.54 Å². The highest BCUT2D eigenvalue weighted by molar-refractivity contribution is 5.69. The van der Waals surface area contributed by atoms with Crippen LogP contribution in [0, 0.1) is 0 Å². The molecule has 0 spiro atoms. The molecule has 0 unspecified atom stereocenters. The number of hydrogen-bond donors (Lipinski definition) is 1. The van der Waals surface area contributed by atoms with Crippen LogP contribution in [0.15, 0.2) is 48.8 Å². The van der Waals surface area contributed by atoms with Gasteiger partial charge in [-0.25, -0.2) is 0 Å². The van der Waals surface area contributed by atoms with Gasteiger partial charge in [0.2, 0.25) is 0 Å². The summed E-state index contributed by atoms with van der Waals surface area (Å²) in [5, 5.41) is 8.94. The minimum atomic E-state index is -0.796. The SMILES string of the molecule is CCCN(CC(=O)O)Cc1ccc(OCc2ccncc2)cc1. The lowest BCUT2D eigenvalue weighted by Crippen LogP contribution is -2.30. The number of pyridine rings is 1. The molecule has 0 atom stereocenters. The molecule has 0 saturated carbocycles. The van der Waals surface area contributed by atoms with Crippen molar-refractivity contribution < 1.29 is 14.6 Å². The van der Waals surface area contributed by atoms with Crippen molar-refractivity contribution in [3.8, 4) is 5.75 Å². The summed E-state index contributed by atoms with van der Waals surface area (Å²) >= 11 is 0. The summed E-state index contributed by atoms with van der Waals surface area (Å²) in [7, 11) is 0. The second-order valence-corrected chi connectivity index (χ2v) is 5.39. The highest BCUT2D eigenvalue weighted by Gasteiger charge is 2.09. The van der Waals surface area contributed by atoms with Gasteiger partial charge in [-0.2, -0.15) is 0 Å². The van der Waals surface area contributed by atoms with Crippen molar-refractivity contribution in [3.63, 3.8) is 0 Å². The minimum Gasteiger partial charge on any atom is -0.489 e. The molecule has 0 fully saturated rings. The zero-order chi connectivity index (χ0) is 16.5. The van der Waals surface area contributed by atoms with Gasteiger partial charge in [-0.05, 0) is 48.4 Å². The minimum absolute atomic E-state index is 0.0636. The lowest BCUT2D eigenvalue weighted by Gasteiger charge is -2.19. The number of carboxylic acid groups (broad SMARTS) is 1. The van der Waals surface area contributed by atoms with Crippen molar-refractivity contribution in [2.24, 2.45) is 0 Å². The van der Waals surface area contributed by atoms with Crippen molar-refractivity contribution in [1.29, 1.82) is 0 Å². The zero-order valence-corrected chi connectivity index (χ0v) is 13.3. The third-order valence-electron chi connectivity index (χ3n) is 3.38. The lowest BCUT2D eigenvalue weighted by molar-refractivity contribution is -0.138. The van der Waals surface area contributed by atoms with Gasteiger partial charge >= 0.3 is 5.97 Å². The average Bonchev–Trinajstić information content (AvgIpc) is 2.55. The lowest BCUT2D eigenvalue weighted by atomic mass is 10.2. The Morgan fingerprint density at radius 3 is 2.43 bits per heavy atom. The maximum atomic E-state index is 10.9. The van der Waals surface area contributed by atoms with Crippen LogP contribution in [0.1, 0.15) is 24.5 Å². The number of aliphatic carboxylic acids is 1. The molecular formula is C18H22N2O3. The van der Waals surface area contributed by atoms with Crippen LogP contribution in [0.4, 0.5) is 0 Å². The summed E-state index contributed by atoms with van der Waals surface area (Å²) in [5.74, 6) is 0.00147. The van der Waals surface area contributed by atoms with Gasteiger partial charge in [0.15, 0.2) is 0 Å². The van der Waals surface area contributed by atoms with Gasteiger partial charge in [0.25, 0.3) is 0 Å². The molecule has 1 N–H and O–H groups in total. The smallest absolute Gasteiger partial charge is 0.317 e. The second-order valence-electron chi connectivity index (χ2n) is 5.39. The molecule has 2 aromatic rings. The van der Waals surface area contributed by atoms with Crippen molar-refractivity contribution >= 4 is 5.97 Å². The van der Waals surface area contributed by atoms with Crippen LogP contribution in [-0.2, 0) is 17.9 Å². The van der Waals surface area contributed by atoms with Gasteiger partial charge < -0.3 is 9.84 Å². The molecule has 0 bridgehead atoms. The third-order valence-corrected chi connectivity index (χ3v) is 3.38. The van der Waals surface area contributed by atoms with E-state index in [1.165, 1.54) is 0 Å². The molecule has 0 aliphatic rings. The summed E-state index contributed by atoms with van der Waals surface area (Å²) in [4.78, 5) is 16.8. The van der Waals surface area contributed by atoms with E-state index in [1.54, 1.807) is 12.4 Å². The van der Waals surface area contributed by atoms with E-state index < -0.39 is 5.97 Å². The van der Waals surface area contributed by atoms with E-state index in [2.05, 4.69) is 4.98 Å². The molecule has 1 aromatic carbocycles. The molecule has 0 aliphatic carbocycles. The first kappa shape index (κ1) is 17.0. The van der Waals surface area contributed by atoms with Crippen LogP contribution in [0.3, 0.4) is 0 Å². The monoisotopic (exact) mass is 314 g/mol. The van der Waals surface area contributed by atoms with Crippen LogP contribution in [0.25, 0.3) is 0 Å². The third kappa shape index (κ3) is 6.08. The van der Waals surface area contributed by atoms with Crippen LogP contribution in [0.5, 0.6) is 5.75 Å². The summed E-state index contributed by atoms with van der Waals surface area (Å²) in [6, 6.07) is 11.6. The molecular weight excluding hydrogens is 292 g/mol. The summed E-state index contributed by atoms with van der Waals surface area (Å²) in [5.41, 5.74) is 2.15. The van der Waals surface area contributed by atoms with E-state index in [0.29, 0.717) is 13.2 Å². The Morgan fingerprint density at radius 2 is 1.83 bits per heavy atom. The van der Waals surface area contributed by atoms with Gasteiger partial charge in [0.05, 0.1) is 6.54 Å². The number of benzene rings is 1. The van der Waals surface area contributed by atoms with Crippen LogP contribution in [-0.4, -0.2) is 34.0 Å². The van der Waals surface area contributed by atoms with Crippen molar-refractivity contribution in [1.82, 2.24) is 9.88 Å². The second kappa shape index (κ2) is 8.90. The average molecular weight is 314 g/mol. The van der Waals surface area contributed by atoms with Crippen LogP contribution < -0.4 is 4.74 Å². The molecule has 5 heteroatoms. The van der Waals surface area contributed by atoms with E-state index in [1.807, 2.05) is 48.2 Å². The molecule has 1 aromatic heterocycles. The number of hydrogen-bond acceptors (Lipinski definition) is 4. The molecule has 1 heterocycles. The summed E-state index contributed by atoms with van der Waals surface area (Å²) < 4.78 is 5.73. The molecule has 0 aliphatic heterocycles. The van der Waals surface area contributed by atoms with Gasteiger partial charge in [-0.15, -0.1) is 0 Å². The number of nitrogens with zero attached hydrogens (tertiary/aromatic N) is 2. The molecule has 5 nitrogen and oxygen atoms in total. The number of rotatable bonds is 9. The van der Waals surface area contributed by atoms with E-state index in [9.17, 15) is 4.79 Å². The molecule has 0 amide bonds. The fraction of sp³-hybridized carbons (Fsp3) is 0.333. The van der Waals surface area contributed by atoms with Gasteiger partial charge in [0, 0.05) is 18.9 Å². The highest BCUT2D eigenvalue weighted by atomic mass is 16.5. The zero-order valence-electron chi connectivity index (χ0n) is 13.3. The first-order valence-corrected chi connectivity index (χ1v) is 7.72. The van der Waals surface area contributed by atoms with Crippen LogP contribution in [0.2, 0.25) is 0 Å². The fourth-order valence-corrected chi connectivity index (χ4v) is 2.32. The Kier molecular flexibility index (Phi) is 6.56. The number of ether oxygens (including phenoxy) is 1. The molecule has 0 radical (unpaired) electrons. The Morgan fingerprint density at radius 1 is 1.13 bits per heavy atom. The van der Waals surface area contributed by atoms with Crippen LogP contribution >= 0.6 is 0 Å². The maximum Gasteiger partial charge on any atom is 0.317 e. The number of carboxylic acids is 1. The predicted octanol–water partition coefficient (Wildman–Crippen LogP) is 2.96. The Labute approximate surface area is 136 Å². The molecule has 0 saturated heterocycles. The highest BCUT2D eigenvalue weighted by Crippen LogP contribution is 2.15.